The van der Waals surface area contributed by atoms with Gasteiger partial charge in [-0.2, -0.15) is 0 Å². The highest BCUT2D eigenvalue weighted by atomic mass is 35.5. The molecule has 0 spiro atoms. The zero-order valence-electron chi connectivity index (χ0n) is 11.4. The van der Waals surface area contributed by atoms with Gasteiger partial charge in [0.15, 0.2) is 0 Å². The third kappa shape index (κ3) is 2.96. The molecular formula is C15H18ClNO3. The highest BCUT2D eigenvalue weighted by Crippen LogP contribution is 2.25. The maximum Gasteiger partial charge on any atom is 0.326 e. The van der Waals surface area contributed by atoms with Gasteiger partial charge in [-0.3, -0.25) is 4.79 Å². The Morgan fingerprint density at radius 3 is 2.75 bits per heavy atom. The molecule has 0 saturated carbocycles. The molecule has 108 valence electrons. The lowest BCUT2D eigenvalue weighted by Crippen LogP contribution is -2.44. The third-order valence-corrected chi connectivity index (χ3v) is 4.22. The minimum absolute atomic E-state index is 0.284. The molecule has 1 aliphatic heterocycles. The molecule has 1 saturated heterocycles. The molecule has 5 heteroatoms. The molecule has 2 rings (SSSR count). The van der Waals surface area contributed by atoms with Gasteiger partial charge in [0.25, 0.3) is 5.91 Å². The Bertz CT molecular complexity index is 530. The first-order valence-corrected chi connectivity index (χ1v) is 7.19. The SMILES string of the molecule is Cc1cccc(C(=O)N2CCCCCC2C(=O)O)c1Cl. The number of carbonyl (C=O) groups excluding carboxylic acids is 1. The van der Waals surface area contributed by atoms with Gasteiger partial charge >= 0.3 is 5.97 Å². The first kappa shape index (κ1) is 14.9. The number of benzene rings is 1. The number of halogens is 1. The van der Waals surface area contributed by atoms with E-state index in [4.69, 9.17) is 11.6 Å². The molecule has 0 aliphatic carbocycles. The fourth-order valence-electron chi connectivity index (χ4n) is 2.58. The molecule has 1 unspecified atom stereocenters. The average molecular weight is 296 g/mol. The van der Waals surface area contributed by atoms with E-state index in [2.05, 4.69) is 0 Å². The number of carbonyl (C=O) groups is 2. The lowest BCUT2D eigenvalue weighted by atomic mass is 10.1. The van der Waals surface area contributed by atoms with Crippen LogP contribution in [0.4, 0.5) is 0 Å². The molecule has 1 aliphatic rings. The van der Waals surface area contributed by atoms with E-state index in [9.17, 15) is 14.7 Å². The number of rotatable bonds is 2. The number of hydrogen-bond acceptors (Lipinski definition) is 2. The van der Waals surface area contributed by atoms with Gasteiger partial charge in [-0.05, 0) is 31.4 Å². The van der Waals surface area contributed by atoms with Gasteiger partial charge in [0, 0.05) is 6.54 Å². The van der Waals surface area contributed by atoms with Crippen LogP contribution in [0.2, 0.25) is 5.02 Å². The van der Waals surface area contributed by atoms with Crippen LogP contribution in [0.3, 0.4) is 0 Å². The molecule has 4 nitrogen and oxygen atoms in total. The molecule has 1 heterocycles. The first-order valence-electron chi connectivity index (χ1n) is 6.81. The topological polar surface area (TPSA) is 57.6 Å². The lowest BCUT2D eigenvalue weighted by Gasteiger charge is -2.27. The molecule has 0 aromatic heterocycles. The largest absolute Gasteiger partial charge is 0.480 e. The first-order chi connectivity index (χ1) is 9.52. The standard InChI is InChI=1S/C15H18ClNO3/c1-10-6-5-7-11(13(10)16)14(18)17-9-4-2-3-8-12(17)15(19)20/h5-7,12H,2-4,8-9H2,1H3,(H,19,20). The second kappa shape index (κ2) is 6.27. The van der Waals surface area contributed by atoms with Crippen LogP contribution in [0, 0.1) is 6.92 Å². The number of aryl methyl sites for hydroxylation is 1. The molecular weight excluding hydrogens is 278 g/mol. The van der Waals surface area contributed by atoms with Crippen LogP contribution < -0.4 is 0 Å². The van der Waals surface area contributed by atoms with Gasteiger partial charge in [0.1, 0.15) is 6.04 Å². The van der Waals surface area contributed by atoms with Crippen molar-refractivity contribution in [3.63, 3.8) is 0 Å². The Balaban J connectivity index is 2.33. The Morgan fingerprint density at radius 2 is 2.05 bits per heavy atom. The quantitative estimate of drug-likeness (QED) is 0.912. The van der Waals surface area contributed by atoms with Crippen LogP contribution in [-0.4, -0.2) is 34.5 Å². The highest BCUT2D eigenvalue weighted by molar-refractivity contribution is 6.34. The van der Waals surface area contributed by atoms with Crippen molar-refractivity contribution < 1.29 is 14.7 Å². The van der Waals surface area contributed by atoms with Crippen LogP contribution in [0.1, 0.15) is 41.6 Å². The van der Waals surface area contributed by atoms with E-state index >= 15 is 0 Å². The normalized spacial score (nSPS) is 19.5. The van der Waals surface area contributed by atoms with E-state index in [0.717, 1.165) is 24.8 Å². The van der Waals surface area contributed by atoms with E-state index < -0.39 is 12.0 Å². The number of carboxylic acid groups (broad SMARTS) is 1. The minimum atomic E-state index is -0.941. The molecule has 1 amide bonds. The predicted molar refractivity (Wildman–Crippen MR) is 77.1 cm³/mol. The van der Waals surface area contributed by atoms with Crippen LogP contribution in [0.15, 0.2) is 18.2 Å². The minimum Gasteiger partial charge on any atom is -0.480 e. The zero-order valence-corrected chi connectivity index (χ0v) is 12.2. The Morgan fingerprint density at radius 1 is 1.30 bits per heavy atom. The molecule has 0 bridgehead atoms. The molecule has 1 aromatic rings. The van der Waals surface area contributed by atoms with Gasteiger partial charge in [0.05, 0.1) is 10.6 Å². The number of likely N-dealkylation sites (tertiary alicyclic amines) is 1. The maximum absolute atomic E-state index is 12.6. The summed E-state index contributed by atoms with van der Waals surface area (Å²) < 4.78 is 0. The summed E-state index contributed by atoms with van der Waals surface area (Å²) in [7, 11) is 0. The molecule has 20 heavy (non-hydrogen) atoms. The number of hydrogen-bond donors (Lipinski definition) is 1. The highest BCUT2D eigenvalue weighted by Gasteiger charge is 2.32. The van der Waals surface area contributed by atoms with E-state index in [1.54, 1.807) is 12.1 Å². The molecule has 1 fully saturated rings. The van der Waals surface area contributed by atoms with Gasteiger partial charge in [-0.1, -0.05) is 36.6 Å². The smallest absolute Gasteiger partial charge is 0.326 e. The van der Waals surface area contributed by atoms with Gasteiger partial charge in [-0.25, -0.2) is 4.79 Å². The van der Waals surface area contributed by atoms with E-state index in [1.165, 1.54) is 4.90 Å². The summed E-state index contributed by atoms with van der Waals surface area (Å²) in [5, 5.41) is 9.73. The maximum atomic E-state index is 12.6. The summed E-state index contributed by atoms with van der Waals surface area (Å²) >= 11 is 6.18. The number of aliphatic carboxylic acids is 1. The summed E-state index contributed by atoms with van der Waals surface area (Å²) in [5.74, 6) is -1.22. The number of amides is 1. The van der Waals surface area contributed by atoms with Crippen molar-refractivity contribution in [3.05, 3.63) is 34.3 Å². The van der Waals surface area contributed by atoms with Gasteiger partial charge in [-0.15, -0.1) is 0 Å². The van der Waals surface area contributed by atoms with Crippen molar-refractivity contribution >= 4 is 23.5 Å². The number of nitrogens with zero attached hydrogens (tertiary/aromatic N) is 1. The van der Waals surface area contributed by atoms with Gasteiger partial charge < -0.3 is 10.0 Å². The van der Waals surface area contributed by atoms with E-state index in [1.807, 2.05) is 13.0 Å². The van der Waals surface area contributed by atoms with E-state index in [-0.39, 0.29) is 5.91 Å². The van der Waals surface area contributed by atoms with Crippen molar-refractivity contribution in [3.8, 4) is 0 Å². The summed E-state index contributed by atoms with van der Waals surface area (Å²) in [4.78, 5) is 25.5. The van der Waals surface area contributed by atoms with Crippen molar-refractivity contribution in [1.29, 1.82) is 0 Å². The lowest BCUT2D eigenvalue weighted by molar-refractivity contribution is -0.142. The molecule has 1 aromatic carbocycles. The molecule has 1 atom stereocenters. The van der Waals surface area contributed by atoms with Crippen molar-refractivity contribution in [2.24, 2.45) is 0 Å². The van der Waals surface area contributed by atoms with Crippen LogP contribution >= 0.6 is 11.6 Å². The second-order valence-corrected chi connectivity index (χ2v) is 5.52. The second-order valence-electron chi connectivity index (χ2n) is 5.14. The summed E-state index contributed by atoms with van der Waals surface area (Å²) in [6, 6.07) is 4.50. The summed E-state index contributed by atoms with van der Waals surface area (Å²) in [5.41, 5.74) is 1.21. The van der Waals surface area contributed by atoms with Crippen molar-refractivity contribution in [1.82, 2.24) is 4.90 Å². The molecule has 0 radical (unpaired) electrons. The van der Waals surface area contributed by atoms with E-state index in [0.29, 0.717) is 23.6 Å². The Labute approximate surface area is 123 Å². The third-order valence-electron chi connectivity index (χ3n) is 3.72. The van der Waals surface area contributed by atoms with Crippen LogP contribution in [-0.2, 0) is 4.79 Å². The zero-order chi connectivity index (χ0) is 14.7. The van der Waals surface area contributed by atoms with Gasteiger partial charge in [0.2, 0.25) is 0 Å². The number of carboxylic acids is 1. The fourth-order valence-corrected chi connectivity index (χ4v) is 2.78. The summed E-state index contributed by atoms with van der Waals surface area (Å²) in [6.07, 6.45) is 3.13. The average Bonchev–Trinajstić information content (AvgIpc) is 2.66. The van der Waals surface area contributed by atoms with Crippen LogP contribution in [0.5, 0.6) is 0 Å². The predicted octanol–water partition coefficient (Wildman–Crippen LogP) is 3.12. The fraction of sp³-hybridized carbons (Fsp3) is 0.467. The van der Waals surface area contributed by atoms with Crippen LogP contribution in [0.25, 0.3) is 0 Å². The summed E-state index contributed by atoms with van der Waals surface area (Å²) in [6.45, 7) is 2.30. The molecule has 1 N–H and O–H groups in total. The monoisotopic (exact) mass is 295 g/mol. The Kier molecular flexibility index (Phi) is 4.65. The van der Waals surface area contributed by atoms with Crippen molar-refractivity contribution in [2.45, 2.75) is 38.6 Å². The Hall–Kier alpha value is -1.55. The van der Waals surface area contributed by atoms with Crippen molar-refractivity contribution in [2.75, 3.05) is 6.54 Å².